The number of hydrogen-bond donors (Lipinski definition) is 2. The van der Waals surface area contributed by atoms with E-state index in [9.17, 15) is 9.90 Å². The van der Waals surface area contributed by atoms with Crippen LogP contribution in [0.4, 0.5) is 4.79 Å². The smallest absolute Gasteiger partial charge is 0.410 e. The van der Waals surface area contributed by atoms with Crippen molar-refractivity contribution < 1.29 is 14.6 Å². The molecule has 2 N–H and O–H groups in total. The Labute approximate surface area is 141 Å². The molecule has 5 heteroatoms. The Morgan fingerprint density at radius 3 is 2.57 bits per heavy atom. The fourth-order valence-electron chi connectivity index (χ4n) is 3.15. The fraction of sp³-hybridized carbons (Fsp3) is 0.944. The minimum Gasteiger partial charge on any atom is -0.444 e. The van der Waals surface area contributed by atoms with E-state index in [0.29, 0.717) is 24.5 Å². The molecular weight excluding hydrogens is 292 g/mol. The van der Waals surface area contributed by atoms with Gasteiger partial charge in [0.2, 0.25) is 0 Å². The molecule has 1 saturated carbocycles. The van der Waals surface area contributed by atoms with Crippen molar-refractivity contribution in [1.82, 2.24) is 10.2 Å². The van der Waals surface area contributed by atoms with Crippen LogP contribution in [0.2, 0.25) is 0 Å². The monoisotopic (exact) mass is 328 g/mol. The van der Waals surface area contributed by atoms with Crippen molar-refractivity contribution in [3.63, 3.8) is 0 Å². The van der Waals surface area contributed by atoms with Crippen LogP contribution in [0, 0.1) is 5.41 Å². The third-order valence-electron chi connectivity index (χ3n) is 4.42. The van der Waals surface area contributed by atoms with Gasteiger partial charge in [-0.1, -0.05) is 26.7 Å². The molecule has 0 radical (unpaired) electrons. The summed E-state index contributed by atoms with van der Waals surface area (Å²) in [6, 6.07) is 0.489. The molecule has 1 aliphatic carbocycles. The summed E-state index contributed by atoms with van der Waals surface area (Å²) in [5, 5.41) is 13.2. The van der Waals surface area contributed by atoms with Gasteiger partial charge in [0.1, 0.15) is 5.60 Å². The van der Waals surface area contributed by atoms with Gasteiger partial charge in [-0.15, -0.1) is 0 Å². The summed E-state index contributed by atoms with van der Waals surface area (Å²) in [4.78, 5) is 13.9. The number of nitrogens with zero attached hydrogens (tertiary/aromatic N) is 1. The molecule has 23 heavy (non-hydrogen) atoms. The molecule has 136 valence electrons. The molecule has 0 aromatic carbocycles. The quantitative estimate of drug-likeness (QED) is 0.786. The van der Waals surface area contributed by atoms with E-state index >= 15 is 0 Å². The molecule has 1 amide bonds. The van der Waals surface area contributed by atoms with E-state index in [1.807, 2.05) is 20.8 Å². The lowest BCUT2D eigenvalue weighted by molar-refractivity contribution is 0.0158. The van der Waals surface area contributed by atoms with Gasteiger partial charge >= 0.3 is 6.09 Å². The largest absolute Gasteiger partial charge is 0.444 e. The normalized spacial score (nSPS) is 22.5. The van der Waals surface area contributed by atoms with Gasteiger partial charge in [0, 0.05) is 25.7 Å². The SMILES string of the molecule is CC(O)CN(CCNC1CCCCC1(C)C)C(=O)OC(C)(C)C. The molecule has 1 rings (SSSR count). The molecule has 2 unspecified atom stereocenters. The molecule has 0 spiro atoms. The van der Waals surface area contributed by atoms with Gasteiger partial charge in [-0.05, 0) is 46.0 Å². The van der Waals surface area contributed by atoms with E-state index in [0.717, 1.165) is 6.54 Å². The molecule has 0 aromatic rings. The lowest BCUT2D eigenvalue weighted by atomic mass is 9.73. The summed E-state index contributed by atoms with van der Waals surface area (Å²) in [6.07, 6.45) is 4.09. The number of carbonyl (C=O) groups is 1. The molecule has 5 nitrogen and oxygen atoms in total. The molecule has 0 aromatic heterocycles. The summed E-state index contributed by atoms with van der Waals surface area (Å²) in [7, 11) is 0. The molecule has 2 atom stereocenters. The summed E-state index contributed by atoms with van der Waals surface area (Å²) in [5.41, 5.74) is -0.216. The topological polar surface area (TPSA) is 61.8 Å². The van der Waals surface area contributed by atoms with Gasteiger partial charge in [0.05, 0.1) is 6.10 Å². The van der Waals surface area contributed by atoms with E-state index in [1.54, 1.807) is 11.8 Å². The van der Waals surface area contributed by atoms with Crippen LogP contribution in [0.1, 0.15) is 67.2 Å². The highest BCUT2D eigenvalue weighted by Gasteiger charge is 2.32. The second kappa shape index (κ2) is 8.34. The first-order chi connectivity index (χ1) is 10.5. The standard InChI is InChI=1S/C18H36N2O3/c1-14(21)13-20(16(22)23-17(2,3)4)12-11-19-15-9-7-8-10-18(15,5)6/h14-15,19,21H,7-13H2,1-6H3. The lowest BCUT2D eigenvalue weighted by Crippen LogP contribution is -2.48. The van der Waals surface area contributed by atoms with Crippen LogP contribution in [0.3, 0.4) is 0 Å². The predicted molar refractivity (Wildman–Crippen MR) is 93.5 cm³/mol. The molecule has 1 aliphatic rings. The van der Waals surface area contributed by atoms with Gasteiger partial charge in [-0.2, -0.15) is 0 Å². The van der Waals surface area contributed by atoms with E-state index in [4.69, 9.17) is 4.74 Å². The van der Waals surface area contributed by atoms with Crippen LogP contribution in [-0.2, 0) is 4.74 Å². The predicted octanol–water partition coefficient (Wildman–Crippen LogP) is 3.16. The first-order valence-corrected chi connectivity index (χ1v) is 8.90. The average molecular weight is 328 g/mol. The number of carbonyl (C=O) groups excluding carboxylic acids is 1. The van der Waals surface area contributed by atoms with Crippen molar-refractivity contribution in [2.75, 3.05) is 19.6 Å². The zero-order valence-corrected chi connectivity index (χ0v) is 15.8. The van der Waals surface area contributed by atoms with Crippen molar-refractivity contribution in [1.29, 1.82) is 0 Å². The minimum atomic E-state index is -0.561. The van der Waals surface area contributed by atoms with Crippen LogP contribution in [-0.4, -0.2) is 53.5 Å². The third-order valence-corrected chi connectivity index (χ3v) is 4.42. The number of amides is 1. The first kappa shape index (κ1) is 20.2. The van der Waals surface area contributed by atoms with Crippen LogP contribution in [0.5, 0.6) is 0 Å². The number of aliphatic hydroxyl groups is 1. The minimum absolute atomic E-state index is 0.296. The highest BCUT2D eigenvalue weighted by Crippen LogP contribution is 2.35. The summed E-state index contributed by atoms with van der Waals surface area (Å²) in [6.45, 7) is 13.4. The van der Waals surface area contributed by atoms with Gasteiger partial charge in [0.25, 0.3) is 0 Å². The number of ether oxygens (including phenoxy) is 1. The maximum absolute atomic E-state index is 12.3. The maximum Gasteiger partial charge on any atom is 0.410 e. The summed E-state index contributed by atoms with van der Waals surface area (Å²) < 4.78 is 5.43. The van der Waals surface area contributed by atoms with Crippen molar-refractivity contribution in [2.24, 2.45) is 5.41 Å². The van der Waals surface area contributed by atoms with Crippen LogP contribution >= 0.6 is 0 Å². The highest BCUT2D eigenvalue weighted by molar-refractivity contribution is 5.68. The van der Waals surface area contributed by atoms with Gasteiger partial charge in [-0.3, -0.25) is 0 Å². The van der Waals surface area contributed by atoms with E-state index in [2.05, 4.69) is 19.2 Å². The second-order valence-electron chi connectivity index (χ2n) is 8.52. The van der Waals surface area contributed by atoms with Crippen molar-refractivity contribution in [3.05, 3.63) is 0 Å². The molecule has 0 aliphatic heterocycles. The van der Waals surface area contributed by atoms with Gasteiger partial charge < -0.3 is 20.1 Å². The maximum atomic E-state index is 12.3. The van der Waals surface area contributed by atoms with E-state index in [-0.39, 0.29) is 6.09 Å². The molecular formula is C18H36N2O3. The number of nitrogens with one attached hydrogen (secondary N) is 1. The Morgan fingerprint density at radius 1 is 1.39 bits per heavy atom. The summed E-state index contributed by atoms with van der Waals surface area (Å²) >= 11 is 0. The molecule has 0 saturated heterocycles. The van der Waals surface area contributed by atoms with Crippen molar-refractivity contribution in [2.45, 2.75) is 85.0 Å². The Bertz CT molecular complexity index is 375. The number of rotatable bonds is 6. The summed E-state index contributed by atoms with van der Waals surface area (Å²) in [5.74, 6) is 0. The zero-order chi connectivity index (χ0) is 17.7. The molecule has 1 fully saturated rings. The Balaban J connectivity index is 2.52. The molecule has 0 heterocycles. The number of aliphatic hydroxyl groups excluding tert-OH is 1. The molecule has 0 bridgehead atoms. The first-order valence-electron chi connectivity index (χ1n) is 8.90. The Hall–Kier alpha value is -0.810. The zero-order valence-electron chi connectivity index (χ0n) is 15.8. The second-order valence-corrected chi connectivity index (χ2v) is 8.52. The van der Waals surface area contributed by atoms with Crippen molar-refractivity contribution in [3.8, 4) is 0 Å². The lowest BCUT2D eigenvalue weighted by Gasteiger charge is -2.39. The van der Waals surface area contributed by atoms with E-state index in [1.165, 1.54) is 25.7 Å². The third kappa shape index (κ3) is 7.53. The van der Waals surface area contributed by atoms with Crippen molar-refractivity contribution >= 4 is 6.09 Å². The Morgan fingerprint density at radius 2 is 2.04 bits per heavy atom. The Kier molecular flexibility index (Phi) is 7.33. The van der Waals surface area contributed by atoms with Crippen LogP contribution < -0.4 is 5.32 Å². The van der Waals surface area contributed by atoms with Gasteiger partial charge in [0.15, 0.2) is 0 Å². The van der Waals surface area contributed by atoms with Gasteiger partial charge in [-0.25, -0.2) is 4.79 Å². The van der Waals surface area contributed by atoms with Crippen LogP contribution in [0.25, 0.3) is 0 Å². The fourth-order valence-corrected chi connectivity index (χ4v) is 3.15. The van der Waals surface area contributed by atoms with E-state index < -0.39 is 11.7 Å². The number of hydrogen-bond acceptors (Lipinski definition) is 4. The van der Waals surface area contributed by atoms with Crippen LogP contribution in [0.15, 0.2) is 0 Å². The average Bonchev–Trinajstić information content (AvgIpc) is 2.36. The highest BCUT2D eigenvalue weighted by atomic mass is 16.6.